The second kappa shape index (κ2) is 5.50. The van der Waals surface area contributed by atoms with Gasteiger partial charge < -0.3 is 5.32 Å². The minimum absolute atomic E-state index is 0.172. The molecule has 2 heterocycles. The molecule has 3 fully saturated rings. The number of aromatic nitrogens is 1. The van der Waals surface area contributed by atoms with Gasteiger partial charge >= 0.3 is 0 Å². The Balaban J connectivity index is 1.23. The molecule has 5 aliphatic rings. The lowest BCUT2D eigenvalue weighted by Gasteiger charge is -2.37. The number of benzene rings is 1. The van der Waals surface area contributed by atoms with Crippen molar-refractivity contribution in [3.63, 3.8) is 0 Å². The van der Waals surface area contributed by atoms with Gasteiger partial charge in [0.2, 0.25) is 17.7 Å². The number of imide groups is 1. The monoisotopic (exact) mass is 373 g/mol. The van der Waals surface area contributed by atoms with Crippen LogP contribution in [-0.2, 0) is 14.4 Å². The highest BCUT2D eigenvalue weighted by Crippen LogP contribution is 2.65. The molecule has 1 aliphatic heterocycles. The van der Waals surface area contributed by atoms with E-state index in [2.05, 4.69) is 22.5 Å². The highest BCUT2D eigenvalue weighted by molar-refractivity contribution is 6.10. The summed E-state index contributed by atoms with van der Waals surface area (Å²) in [6.07, 6.45) is 7.10. The Bertz CT molecular complexity index is 1040. The molecule has 1 N–H and O–H groups in total. The molecule has 6 nitrogen and oxygen atoms in total. The first-order valence-electron chi connectivity index (χ1n) is 9.80. The molecule has 1 aromatic heterocycles. The molecule has 6 atom stereocenters. The van der Waals surface area contributed by atoms with Gasteiger partial charge in [-0.1, -0.05) is 18.2 Å². The number of carbonyl (C=O) groups excluding carboxylic acids is 3. The number of rotatable bonds is 3. The van der Waals surface area contributed by atoms with Crippen molar-refractivity contribution in [3.8, 4) is 0 Å². The van der Waals surface area contributed by atoms with Crippen LogP contribution < -0.4 is 5.32 Å². The lowest BCUT2D eigenvalue weighted by Crippen LogP contribution is -2.40. The van der Waals surface area contributed by atoms with E-state index in [0.29, 0.717) is 17.5 Å². The van der Waals surface area contributed by atoms with Crippen LogP contribution in [0.15, 0.2) is 48.7 Å². The maximum absolute atomic E-state index is 13.0. The summed E-state index contributed by atoms with van der Waals surface area (Å²) in [4.78, 5) is 44.1. The summed E-state index contributed by atoms with van der Waals surface area (Å²) in [5, 5.41) is 3.68. The number of anilines is 1. The molecule has 140 valence electrons. The van der Waals surface area contributed by atoms with Gasteiger partial charge in [-0.3, -0.25) is 24.3 Å². The Morgan fingerprint density at radius 1 is 1.04 bits per heavy atom. The zero-order valence-electron chi connectivity index (χ0n) is 15.1. The van der Waals surface area contributed by atoms with Crippen LogP contribution in [0.25, 0.3) is 10.9 Å². The highest BCUT2D eigenvalue weighted by atomic mass is 16.2. The zero-order valence-corrected chi connectivity index (χ0v) is 15.1. The quantitative estimate of drug-likeness (QED) is 0.661. The van der Waals surface area contributed by atoms with Crippen LogP contribution in [0.3, 0.4) is 0 Å². The van der Waals surface area contributed by atoms with Gasteiger partial charge in [0.1, 0.15) is 6.54 Å². The van der Waals surface area contributed by atoms with E-state index < -0.39 is 0 Å². The molecule has 2 aromatic rings. The maximum Gasteiger partial charge on any atom is 0.244 e. The van der Waals surface area contributed by atoms with Crippen molar-refractivity contribution in [2.75, 3.05) is 11.9 Å². The van der Waals surface area contributed by atoms with Gasteiger partial charge in [0.25, 0.3) is 0 Å². The molecule has 6 heteroatoms. The highest BCUT2D eigenvalue weighted by Gasteiger charge is 2.67. The number of carbonyl (C=O) groups is 3. The van der Waals surface area contributed by atoms with Crippen LogP contribution in [0.5, 0.6) is 0 Å². The van der Waals surface area contributed by atoms with Gasteiger partial charge in [-0.15, -0.1) is 0 Å². The Labute approximate surface area is 161 Å². The van der Waals surface area contributed by atoms with Gasteiger partial charge in [0, 0.05) is 11.6 Å². The number of nitrogens with zero attached hydrogens (tertiary/aromatic N) is 2. The second-order valence-corrected chi connectivity index (χ2v) is 8.34. The molecule has 0 spiro atoms. The summed E-state index contributed by atoms with van der Waals surface area (Å²) < 4.78 is 0. The molecular formula is C22H19N3O3. The molecule has 1 saturated heterocycles. The van der Waals surface area contributed by atoms with E-state index in [9.17, 15) is 14.4 Å². The maximum atomic E-state index is 13.0. The van der Waals surface area contributed by atoms with E-state index in [1.807, 2.05) is 24.3 Å². The van der Waals surface area contributed by atoms with Crippen molar-refractivity contribution in [3.05, 3.63) is 48.7 Å². The first-order valence-corrected chi connectivity index (χ1v) is 9.80. The molecule has 3 amide bonds. The Morgan fingerprint density at radius 2 is 1.75 bits per heavy atom. The van der Waals surface area contributed by atoms with Crippen molar-refractivity contribution in [1.29, 1.82) is 0 Å². The van der Waals surface area contributed by atoms with Crippen molar-refractivity contribution in [2.45, 2.75) is 6.42 Å². The molecule has 4 aliphatic carbocycles. The van der Waals surface area contributed by atoms with Crippen LogP contribution in [-0.4, -0.2) is 34.2 Å². The fourth-order valence-corrected chi connectivity index (χ4v) is 5.72. The van der Waals surface area contributed by atoms with Crippen molar-refractivity contribution in [1.82, 2.24) is 9.88 Å². The first kappa shape index (κ1) is 16.0. The summed E-state index contributed by atoms with van der Waals surface area (Å²) in [5.74, 6) is 0.241. The largest absolute Gasteiger partial charge is 0.324 e. The molecule has 0 unspecified atom stereocenters. The number of pyridine rings is 1. The van der Waals surface area contributed by atoms with Gasteiger partial charge in [-0.2, -0.15) is 0 Å². The van der Waals surface area contributed by atoms with Crippen molar-refractivity contribution in [2.24, 2.45) is 35.5 Å². The summed E-state index contributed by atoms with van der Waals surface area (Å²) in [5.41, 5.74) is 1.41. The van der Waals surface area contributed by atoms with Gasteiger partial charge in [-0.05, 0) is 54.4 Å². The third kappa shape index (κ3) is 2.08. The normalized spacial score (nSPS) is 34.5. The number of likely N-dealkylation sites (tertiary alicyclic amines) is 1. The Morgan fingerprint density at radius 3 is 2.46 bits per heavy atom. The van der Waals surface area contributed by atoms with Crippen LogP contribution in [0, 0.1) is 35.5 Å². The van der Waals surface area contributed by atoms with Crippen molar-refractivity contribution < 1.29 is 14.4 Å². The smallest absolute Gasteiger partial charge is 0.244 e. The summed E-state index contributed by atoms with van der Waals surface area (Å²) in [6.45, 7) is -0.226. The summed E-state index contributed by atoms with van der Waals surface area (Å²) in [7, 11) is 0. The third-order valence-electron chi connectivity index (χ3n) is 6.98. The molecule has 7 rings (SSSR count). The number of nitrogens with one attached hydrogen (secondary N) is 1. The van der Waals surface area contributed by atoms with E-state index in [-0.39, 0.29) is 47.9 Å². The van der Waals surface area contributed by atoms with Gasteiger partial charge in [0.15, 0.2) is 0 Å². The van der Waals surface area contributed by atoms with Crippen LogP contribution in [0.1, 0.15) is 6.42 Å². The summed E-state index contributed by atoms with van der Waals surface area (Å²) in [6, 6.07) is 9.18. The fourth-order valence-electron chi connectivity index (χ4n) is 5.72. The minimum Gasteiger partial charge on any atom is -0.324 e. The summed E-state index contributed by atoms with van der Waals surface area (Å²) >= 11 is 0. The average Bonchev–Trinajstić information content (AvgIpc) is 3.49. The topological polar surface area (TPSA) is 79.4 Å². The number of hydrogen-bond donors (Lipinski definition) is 1. The third-order valence-corrected chi connectivity index (χ3v) is 6.98. The molecule has 1 aromatic carbocycles. The number of allylic oxidation sites excluding steroid dienone is 2. The fraction of sp³-hybridized carbons (Fsp3) is 0.364. The number of fused-ring (bicyclic) bond motifs is 1. The number of hydrogen-bond acceptors (Lipinski definition) is 4. The van der Waals surface area contributed by atoms with Crippen molar-refractivity contribution >= 4 is 34.3 Å². The minimum atomic E-state index is -0.359. The van der Waals surface area contributed by atoms with Gasteiger partial charge in [0.05, 0.1) is 23.0 Å². The van der Waals surface area contributed by atoms with E-state index in [4.69, 9.17) is 0 Å². The number of amides is 3. The Kier molecular flexibility index (Phi) is 3.14. The Hall–Kier alpha value is -3.02. The van der Waals surface area contributed by atoms with E-state index in [1.165, 1.54) is 4.90 Å². The molecular weight excluding hydrogens is 354 g/mol. The predicted octanol–water partition coefficient (Wildman–Crippen LogP) is 2.23. The first-order chi connectivity index (χ1) is 13.6. The molecule has 0 radical (unpaired) electrons. The van der Waals surface area contributed by atoms with Gasteiger partial charge in [-0.25, -0.2) is 0 Å². The zero-order chi connectivity index (χ0) is 19.0. The lowest BCUT2D eigenvalue weighted by molar-refractivity contribution is -0.142. The average molecular weight is 373 g/mol. The van der Waals surface area contributed by atoms with Crippen LogP contribution >= 0.6 is 0 Å². The second-order valence-electron chi connectivity index (χ2n) is 8.34. The van der Waals surface area contributed by atoms with Crippen LogP contribution in [0.2, 0.25) is 0 Å². The SMILES string of the molecule is O=C(CN1C(=O)[C@@H]2[C@H]3C=C[C@@H]([C@@H]4C[C@@H]34)[C@H]2C1=O)Nc1cccc2ncccc12. The van der Waals surface area contributed by atoms with Crippen LogP contribution in [0.4, 0.5) is 5.69 Å². The standard InChI is InChI=1S/C22H19N3O3/c26-18(24-17-5-1-4-16-13(17)3-2-8-23-16)10-25-21(27)19-11-6-7-12(15-9-14(11)15)20(19)22(25)28/h1-8,11-12,14-15,19-20H,9-10H2,(H,24,26)/t11-,12-,14-,15-,19+,20+/m0/s1. The molecule has 2 saturated carbocycles. The molecule has 28 heavy (non-hydrogen) atoms. The lowest BCUT2D eigenvalue weighted by atomic mass is 9.63. The molecule has 2 bridgehead atoms. The predicted molar refractivity (Wildman–Crippen MR) is 102 cm³/mol. The van der Waals surface area contributed by atoms with E-state index in [0.717, 1.165) is 17.3 Å². The van der Waals surface area contributed by atoms with E-state index >= 15 is 0 Å². The van der Waals surface area contributed by atoms with E-state index in [1.54, 1.807) is 12.3 Å².